The number of aryl methyl sites for hydroxylation is 1. The van der Waals surface area contributed by atoms with Crippen molar-refractivity contribution >= 4 is 16.9 Å². The first kappa shape index (κ1) is 12.9. The molecule has 0 radical (unpaired) electrons. The van der Waals surface area contributed by atoms with Gasteiger partial charge in [-0.2, -0.15) is 0 Å². The molecule has 104 valence electrons. The van der Waals surface area contributed by atoms with Crippen molar-refractivity contribution < 1.29 is 4.79 Å². The van der Waals surface area contributed by atoms with Crippen molar-refractivity contribution in [2.75, 3.05) is 13.1 Å². The second kappa shape index (κ2) is 5.12. The Morgan fingerprint density at radius 2 is 2.25 bits per heavy atom. The fourth-order valence-corrected chi connectivity index (χ4v) is 3.02. The summed E-state index contributed by atoms with van der Waals surface area (Å²) < 4.78 is 2.23. The van der Waals surface area contributed by atoms with Gasteiger partial charge in [0.15, 0.2) is 0 Å². The van der Waals surface area contributed by atoms with E-state index in [2.05, 4.69) is 24.1 Å². The van der Waals surface area contributed by atoms with Crippen molar-refractivity contribution in [2.24, 2.45) is 0 Å². The fourth-order valence-electron chi connectivity index (χ4n) is 3.02. The Morgan fingerprint density at radius 1 is 1.45 bits per heavy atom. The van der Waals surface area contributed by atoms with Gasteiger partial charge in [-0.3, -0.25) is 4.79 Å². The van der Waals surface area contributed by atoms with Crippen molar-refractivity contribution in [2.45, 2.75) is 25.8 Å². The summed E-state index contributed by atoms with van der Waals surface area (Å²) in [5, 5.41) is 0. The molecule has 0 saturated carbocycles. The van der Waals surface area contributed by atoms with Crippen molar-refractivity contribution in [1.82, 2.24) is 14.5 Å². The van der Waals surface area contributed by atoms with Crippen LogP contribution in [0.1, 0.15) is 25.1 Å². The number of imidazole rings is 1. The third kappa shape index (κ3) is 2.01. The minimum absolute atomic E-state index is 0.190. The number of benzene rings is 1. The Labute approximate surface area is 118 Å². The van der Waals surface area contributed by atoms with Gasteiger partial charge in [-0.1, -0.05) is 18.2 Å². The van der Waals surface area contributed by atoms with Gasteiger partial charge in [0.05, 0.1) is 11.0 Å². The van der Waals surface area contributed by atoms with Crippen LogP contribution in [0.2, 0.25) is 0 Å². The van der Waals surface area contributed by atoms with E-state index >= 15 is 0 Å². The number of para-hydroxylation sites is 2. The van der Waals surface area contributed by atoms with Gasteiger partial charge in [-0.05, 0) is 19.1 Å². The number of hydrogen-bond donors (Lipinski definition) is 0. The number of carbonyl (C=O) groups excluding carboxylic acids is 1. The summed E-state index contributed by atoms with van der Waals surface area (Å²) in [6.07, 6.45) is 2.33. The minimum Gasteiger partial charge on any atom is -0.338 e. The Kier molecular flexibility index (Phi) is 3.30. The van der Waals surface area contributed by atoms with E-state index in [-0.39, 0.29) is 11.8 Å². The Bertz CT molecular complexity index is 659. The molecule has 1 aromatic carbocycles. The minimum atomic E-state index is 0.190. The molecular weight excluding hydrogens is 250 g/mol. The number of nitrogens with zero attached hydrogens (tertiary/aromatic N) is 3. The number of likely N-dealkylation sites (tertiary alicyclic amines) is 1. The molecule has 0 spiro atoms. The predicted octanol–water partition coefficient (Wildman–Crippen LogP) is 2.56. The van der Waals surface area contributed by atoms with Crippen LogP contribution in [-0.2, 0) is 11.3 Å². The Morgan fingerprint density at radius 3 is 3.00 bits per heavy atom. The summed E-state index contributed by atoms with van der Waals surface area (Å²) in [4.78, 5) is 18.6. The molecule has 1 saturated heterocycles. The van der Waals surface area contributed by atoms with Gasteiger partial charge in [0.2, 0.25) is 5.91 Å². The number of hydrogen-bond acceptors (Lipinski definition) is 2. The van der Waals surface area contributed by atoms with Gasteiger partial charge in [0.1, 0.15) is 5.82 Å². The predicted molar refractivity (Wildman–Crippen MR) is 79.5 cm³/mol. The largest absolute Gasteiger partial charge is 0.338 e. The SMILES string of the molecule is C=CCN1C[C@@H](c2nc3ccccc3n2CC)CC1=O. The molecule has 1 aromatic heterocycles. The van der Waals surface area contributed by atoms with Crippen LogP contribution in [0.15, 0.2) is 36.9 Å². The summed E-state index contributed by atoms with van der Waals surface area (Å²) in [5.74, 6) is 1.42. The number of amides is 1. The first-order chi connectivity index (χ1) is 9.74. The molecule has 0 aliphatic carbocycles. The van der Waals surface area contributed by atoms with Gasteiger partial charge in [-0.25, -0.2) is 4.98 Å². The molecule has 4 heteroatoms. The zero-order valence-corrected chi connectivity index (χ0v) is 11.7. The van der Waals surface area contributed by atoms with Crippen LogP contribution < -0.4 is 0 Å². The summed E-state index contributed by atoms with van der Waals surface area (Å²) in [7, 11) is 0. The van der Waals surface area contributed by atoms with E-state index in [0.29, 0.717) is 13.0 Å². The average molecular weight is 269 g/mol. The highest BCUT2D eigenvalue weighted by Crippen LogP contribution is 2.30. The van der Waals surface area contributed by atoms with Gasteiger partial charge in [0.25, 0.3) is 0 Å². The highest BCUT2D eigenvalue weighted by Gasteiger charge is 2.32. The summed E-state index contributed by atoms with van der Waals surface area (Å²) in [5.41, 5.74) is 2.17. The van der Waals surface area contributed by atoms with Crippen LogP contribution >= 0.6 is 0 Å². The third-order valence-electron chi connectivity index (χ3n) is 3.93. The van der Waals surface area contributed by atoms with Crippen molar-refractivity contribution in [1.29, 1.82) is 0 Å². The summed E-state index contributed by atoms with van der Waals surface area (Å²) in [6, 6.07) is 8.16. The lowest BCUT2D eigenvalue weighted by Gasteiger charge is -2.14. The molecule has 1 fully saturated rings. The van der Waals surface area contributed by atoms with E-state index in [1.54, 1.807) is 6.08 Å². The number of aromatic nitrogens is 2. The summed E-state index contributed by atoms with van der Waals surface area (Å²) in [6.45, 7) is 8.08. The van der Waals surface area contributed by atoms with Crippen molar-refractivity contribution in [3.63, 3.8) is 0 Å². The normalized spacial score (nSPS) is 18.9. The van der Waals surface area contributed by atoms with E-state index in [4.69, 9.17) is 4.98 Å². The van der Waals surface area contributed by atoms with E-state index in [1.165, 1.54) is 0 Å². The van der Waals surface area contributed by atoms with E-state index in [0.717, 1.165) is 29.9 Å². The van der Waals surface area contributed by atoms with E-state index in [9.17, 15) is 4.79 Å². The standard InChI is InChI=1S/C16H19N3O/c1-3-9-18-11-12(10-15(18)20)16-17-13-7-5-6-8-14(13)19(16)4-2/h3,5-8,12H,1,4,9-11H2,2H3/t12-/m0/s1. The number of rotatable bonds is 4. The molecule has 1 aliphatic heterocycles. The lowest BCUT2D eigenvalue weighted by Crippen LogP contribution is -2.25. The molecule has 4 nitrogen and oxygen atoms in total. The number of fused-ring (bicyclic) bond motifs is 1. The highest BCUT2D eigenvalue weighted by molar-refractivity contribution is 5.81. The van der Waals surface area contributed by atoms with Crippen LogP contribution in [-0.4, -0.2) is 33.4 Å². The third-order valence-corrected chi connectivity index (χ3v) is 3.93. The smallest absolute Gasteiger partial charge is 0.223 e. The van der Waals surface area contributed by atoms with Crippen LogP contribution in [0.5, 0.6) is 0 Å². The molecular formula is C16H19N3O. The molecule has 0 bridgehead atoms. The lowest BCUT2D eigenvalue weighted by atomic mass is 10.1. The van der Waals surface area contributed by atoms with Crippen molar-refractivity contribution in [3.05, 3.63) is 42.7 Å². The fraction of sp³-hybridized carbons (Fsp3) is 0.375. The van der Waals surface area contributed by atoms with Crippen LogP contribution in [0.4, 0.5) is 0 Å². The number of carbonyl (C=O) groups is 1. The molecule has 1 aliphatic rings. The second-order valence-electron chi connectivity index (χ2n) is 5.19. The van der Waals surface area contributed by atoms with Gasteiger partial charge >= 0.3 is 0 Å². The Balaban J connectivity index is 1.98. The monoisotopic (exact) mass is 269 g/mol. The lowest BCUT2D eigenvalue weighted by molar-refractivity contribution is -0.127. The quantitative estimate of drug-likeness (QED) is 0.800. The molecule has 1 atom stereocenters. The first-order valence-corrected chi connectivity index (χ1v) is 7.08. The van der Waals surface area contributed by atoms with E-state index in [1.807, 2.05) is 23.1 Å². The second-order valence-corrected chi connectivity index (χ2v) is 5.19. The topological polar surface area (TPSA) is 38.1 Å². The Hall–Kier alpha value is -2.10. The maximum Gasteiger partial charge on any atom is 0.223 e. The van der Waals surface area contributed by atoms with E-state index < -0.39 is 0 Å². The molecule has 3 rings (SSSR count). The average Bonchev–Trinajstić information content (AvgIpc) is 3.00. The van der Waals surface area contributed by atoms with Crippen LogP contribution in [0, 0.1) is 0 Å². The first-order valence-electron chi connectivity index (χ1n) is 7.08. The zero-order valence-electron chi connectivity index (χ0n) is 11.7. The van der Waals surface area contributed by atoms with Crippen molar-refractivity contribution in [3.8, 4) is 0 Å². The molecule has 20 heavy (non-hydrogen) atoms. The highest BCUT2D eigenvalue weighted by atomic mass is 16.2. The maximum atomic E-state index is 12.0. The molecule has 1 amide bonds. The maximum absolute atomic E-state index is 12.0. The van der Waals surface area contributed by atoms with Gasteiger partial charge in [-0.15, -0.1) is 6.58 Å². The molecule has 2 heterocycles. The molecule has 2 aromatic rings. The zero-order chi connectivity index (χ0) is 14.1. The molecule has 0 N–H and O–H groups in total. The molecule has 0 unspecified atom stereocenters. The van der Waals surface area contributed by atoms with Crippen LogP contribution in [0.25, 0.3) is 11.0 Å². The van der Waals surface area contributed by atoms with Crippen LogP contribution in [0.3, 0.4) is 0 Å². The summed E-state index contributed by atoms with van der Waals surface area (Å²) >= 11 is 0. The van der Waals surface area contributed by atoms with Gasteiger partial charge in [0, 0.05) is 32.0 Å². The van der Waals surface area contributed by atoms with Gasteiger partial charge < -0.3 is 9.47 Å².